The van der Waals surface area contributed by atoms with E-state index in [9.17, 15) is 9.18 Å². The van der Waals surface area contributed by atoms with Gasteiger partial charge < -0.3 is 0 Å². The van der Waals surface area contributed by atoms with Gasteiger partial charge in [0.05, 0.1) is 0 Å². The fraction of sp³-hybridized carbons (Fsp3) is 0.235. The average Bonchev–Trinajstić information content (AvgIpc) is 2.42. The summed E-state index contributed by atoms with van der Waals surface area (Å²) in [6, 6.07) is 12.1. The molecule has 0 radical (unpaired) electrons. The first-order chi connectivity index (χ1) is 9.11. The lowest BCUT2D eigenvalue weighted by Crippen LogP contribution is -2.02. The summed E-state index contributed by atoms with van der Waals surface area (Å²) >= 11 is 0. The predicted molar refractivity (Wildman–Crippen MR) is 75.0 cm³/mol. The average molecular weight is 256 g/mol. The monoisotopic (exact) mass is 256 g/mol. The lowest BCUT2D eigenvalue weighted by atomic mass is 10.00. The largest absolute Gasteiger partial charge is 0.289 e. The zero-order chi connectivity index (χ0) is 13.8. The Morgan fingerprint density at radius 2 is 1.68 bits per heavy atom. The maximum atomic E-state index is 13.5. The maximum absolute atomic E-state index is 13.5. The third kappa shape index (κ3) is 3.08. The van der Waals surface area contributed by atoms with Gasteiger partial charge in [0.2, 0.25) is 0 Å². The van der Waals surface area contributed by atoms with Crippen molar-refractivity contribution < 1.29 is 9.18 Å². The van der Waals surface area contributed by atoms with E-state index < -0.39 is 0 Å². The first-order valence-corrected chi connectivity index (χ1v) is 6.51. The summed E-state index contributed by atoms with van der Waals surface area (Å²) in [5, 5.41) is 0. The highest BCUT2D eigenvalue weighted by molar-refractivity contribution is 6.09. The normalized spacial score (nSPS) is 10.5. The van der Waals surface area contributed by atoms with E-state index in [1.165, 1.54) is 11.6 Å². The van der Waals surface area contributed by atoms with Crippen molar-refractivity contribution in [3.8, 4) is 0 Å². The van der Waals surface area contributed by atoms with E-state index in [4.69, 9.17) is 0 Å². The number of aryl methyl sites for hydroxylation is 2. The van der Waals surface area contributed by atoms with Crippen LogP contribution in [0, 0.1) is 12.7 Å². The van der Waals surface area contributed by atoms with Crippen molar-refractivity contribution in [3.05, 3.63) is 70.5 Å². The first-order valence-electron chi connectivity index (χ1n) is 6.51. The van der Waals surface area contributed by atoms with Gasteiger partial charge in [-0.1, -0.05) is 49.7 Å². The molecule has 0 unspecified atom stereocenters. The highest BCUT2D eigenvalue weighted by atomic mass is 19.1. The lowest BCUT2D eigenvalue weighted by molar-refractivity contribution is 0.103. The Morgan fingerprint density at radius 1 is 1.05 bits per heavy atom. The predicted octanol–water partition coefficient (Wildman–Crippen LogP) is 4.32. The molecule has 98 valence electrons. The Labute approximate surface area is 113 Å². The van der Waals surface area contributed by atoms with Crippen LogP contribution in [-0.4, -0.2) is 5.78 Å². The van der Waals surface area contributed by atoms with Crippen molar-refractivity contribution in [3.63, 3.8) is 0 Å². The maximum Gasteiger partial charge on any atom is 0.193 e. The van der Waals surface area contributed by atoms with Gasteiger partial charge in [-0.25, -0.2) is 4.39 Å². The van der Waals surface area contributed by atoms with Crippen molar-refractivity contribution >= 4 is 5.78 Å². The van der Waals surface area contributed by atoms with Crippen LogP contribution in [0.25, 0.3) is 0 Å². The smallest absolute Gasteiger partial charge is 0.193 e. The zero-order valence-corrected chi connectivity index (χ0v) is 11.2. The number of carbonyl (C=O) groups is 1. The van der Waals surface area contributed by atoms with E-state index >= 15 is 0 Å². The van der Waals surface area contributed by atoms with Crippen LogP contribution >= 0.6 is 0 Å². The molecule has 2 heteroatoms. The fourth-order valence-corrected chi connectivity index (χ4v) is 2.01. The molecule has 0 aliphatic heterocycles. The molecular formula is C17H17FO. The molecule has 0 aliphatic carbocycles. The summed E-state index contributed by atoms with van der Waals surface area (Å²) in [7, 11) is 0. The first kappa shape index (κ1) is 13.5. The molecule has 0 bridgehead atoms. The van der Waals surface area contributed by atoms with Gasteiger partial charge >= 0.3 is 0 Å². The van der Waals surface area contributed by atoms with E-state index in [0.29, 0.717) is 16.7 Å². The van der Waals surface area contributed by atoms with Crippen LogP contribution < -0.4 is 0 Å². The number of halogens is 1. The van der Waals surface area contributed by atoms with Crippen molar-refractivity contribution in [2.45, 2.75) is 26.7 Å². The Balaban J connectivity index is 2.25. The SMILES string of the molecule is CCCc1ccc(C(=O)c2ccc(C)c(F)c2)cc1. The van der Waals surface area contributed by atoms with E-state index in [-0.39, 0.29) is 11.6 Å². The molecule has 0 amide bonds. The molecule has 0 saturated carbocycles. The molecular weight excluding hydrogens is 239 g/mol. The summed E-state index contributed by atoms with van der Waals surface area (Å²) in [6.45, 7) is 3.80. The van der Waals surface area contributed by atoms with Gasteiger partial charge in [0, 0.05) is 11.1 Å². The van der Waals surface area contributed by atoms with Gasteiger partial charge in [0.15, 0.2) is 5.78 Å². The minimum atomic E-state index is -0.339. The van der Waals surface area contributed by atoms with Crippen LogP contribution in [0.1, 0.15) is 40.4 Å². The van der Waals surface area contributed by atoms with Crippen LogP contribution in [0.3, 0.4) is 0 Å². The van der Waals surface area contributed by atoms with Gasteiger partial charge in [-0.2, -0.15) is 0 Å². The number of ketones is 1. The highest BCUT2D eigenvalue weighted by Crippen LogP contribution is 2.15. The molecule has 1 nitrogen and oxygen atoms in total. The zero-order valence-electron chi connectivity index (χ0n) is 11.2. The van der Waals surface area contributed by atoms with Crippen molar-refractivity contribution in [1.29, 1.82) is 0 Å². The van der Waals surface area contributed by atoms with Crippen molar-refractivity contribution in [2.24, 2.45) is 0 Å². The Kier molecular flexibility index (Phi) is 4.10. The number of benzene rings is 2. The third-order valence-corrected chi connectivity index (χ3v) is 3.19. The summed E-state index contributed by atoms with van der Waals surface area (Å²) in [6.07, 6.45) is 2.09. The molecule has 0 fully saturated rings. The van der Waals surface area contributed by atoms with Crippen LogP contribution in [0.4, 0.5) is 4.39 Å². The number of rotatable bonds is 4. The topological polar surface area (TPSA) is 17.1 Å². The molecule has 0 aliphatic rings. The fourth-order valence-electron chi connectivity index (χ4n) is 2.01. The molecule has 0 N–H and O–H groups in total. The molecule has 2 aromatic carbocycles. The summed E-state index contributed by atoms with van der Waals surface area (Å²) in [5.74, 6) is -0.476. The molecule has 0 aromatic heterocycles. The molecule has 0 heterocycles. The molecule has 0 saturated heterocycles. The van der Waals surface area contributed by atoms with E-state index in [1.54, 1.807) is 19.1 Å². The summed E-state index contributed by atoms with van der Waals surface area (Å²) < 4.78 is 13.5. The number of hydrogen-bond acceptors (Lipinski definition) is 1. The Morgan fingerprint density at radius 3 is 2.26 bits per heavy atom. The Hall–Kier alpha value is -1.96. The number of carbonyl (C=O) groups excluding carboxylic acids is 1. The van der Waals surface area contributed by atoms with Crippen molar-refractivity contribution in [1.82, 2.24) is 0 Å². The highest BCUT2D eigenvalue weighted by Gasteiger charge is 2.10. The number of hydrogen-bond donors (Lipinski definition) is 0. The molecule has 0 spiro atoms. The van der Waals surface area contributed by atoms with Crippen LogP contribution in [0.2, 0.25) is 0 Å². The summed E-state index contributed by atoms with van der Waals surface area (Å²) in [5.41, 5.74) is 2.76. The van der Waals surface area contributed by atoms with Crippen LogP contribution in [0.5, 0.6) is 0 Å². The van der Waals surface area contributed by atoms with Gasteiger partial charge in [-0.3, -0.25) is 4.79 Å². The quantitative estimate of drug-likeness (QED) is 0.745. The minimum Gasteiger partial charge on any atom is -0.289 e. The second kappa shape index (κ2) is 5.79. The second-order valence-electron chi connectivity index (χ2n) is 4.74. The summed E-state index contributed by atoms with van der Waals surface area (Å²) in [4.78, 5) is 12.2. The Bertz CT molecular complexity index is 585. The minimum absolute atomic E-state index is 0.137. The van der Waals surface area contributed by atoms with Crippen LogP contribution in [0.15, 0.2) is 42.5 Å². The lowest BCUT2D eigenvalue weighted by Gasteiger charge is -2.04. The van der Waals surface area contributed by atoms with Crippen LogP contribution in [-0.2, 0) is 6.42 Å². The van der Waals surface area contributed by atoms with Gasteiger partial charge in [-0.05, 0) is 30.5 Å². The van der Waals surface area contributed by atoms with Gasteiger partial charge in [-0.15, -0.1) is 0 Å². The van der Waals surface area contributed by atoms with Gasteiger partial charge in [0.1, 0.15) is 5.82 Å². The standard InChI is InChI=1S/C17H17FO/c1-3-4-13-6-9-14(10-7-13)17(19)15-8-5-12(2)16(18)11-15/h5-11H,3-4H2,1-2H3. The molecule has 2 rings (SSSR count). The molecule has 19 heavy (non-hydrogen) atoms. The third-order valence-electron chi connectivity index (χ3n) is 3.19. The van der Waals surface area contributed by atoms with Crippen molar-refractivity contribution in [2.75, 3.05) is 0 Å². The van der Waals surface area contributed by atoms with Gasteiger partial charge in [0.25, 0.3) is 0 Å². The molecule has 2 aromatic rings. The second-order valence-corrected chi connectivity index (χ2v) is 4.74. The van der Waals surface area contributed by atoms with E-state index in [0.717, 1.165) is 12.8 Å². The molecule has 0 atom stereocenters. The van der Waals surface area contributed by atoms with E-state index in [1.807, 2.05) is 24.3 Å². The van der Waals surface area contributed by atoms with E-state index in [2.05, 4.69) is 6.92 Å².